The Bertz CT molecular complexity index is 201. The summed E-state index contributed by atoms with van der Waals surface area (Å²) < 4.78 is 6.28. The molecule has 1 fully saturated rings. The third kappa shape index (κ3) is 3.68. The molecule has 0 bridgehead atoms. The number of rotatable bonds is 4. The molecule has 0 aromatic heterocycles. The molecule has 0 aliphatic carbocycles. The first kappa shape index (κ1) is 13.9. The highest BCUT2D eigenvalue weighted by atomic mass is 32.2. The van der Waals surface area contributed by atoms with Gasteiger partial charge >= 0.3 is 0 Å². The second kappa shape index (κ2) is 5.47. The maximum absolute atomic E-state index is 6.07. The summed E-state index contributed by atoms with van der Waals surface area (Å²) >= 11 is 8.67. The van der Waals surface area contributed by atoms with Gasteiger partial charge in [-0.15, -0.1) is 0 Å². The average molecular weight is 265 g/mol. The molecule has 1 aliphatic rings. The van der Waals surface area contributed by atoms with Crippen LogP contribution in [0.15, 0.2) is 0 Å². The van der Waals surface area contributed by atoms with Crippen LogP contribution in [0.1, 0.15) is 46.0 Å². The first-order valence-electron chi connectivity index (χ1n) is 5.87. The zero-order valence-electron chi connectivity index (χ0n) is 10.1. The normalized spacial score (nSPS) is 28.6. The van der Waals surface area contributed by atoms with Crippen molar-refractivity contribution in [3.05, 3.63) is 0 Å². The van der Waals surface area contributed by atoms with Gasteiger partial charge < -0.3 is 4.74 Å². The first-order valence-corrected chi connectivity index (χ1v) is 7.91. The third-order valence-corrected chi connectivity index (χ3v) is 6.59. The van der Waals surface area contributed by atoms with Crippen LogP contribution in [0, 0.1) is 5.41 Å². The molecule has 1 saturated heterocycles. The van der Waals surface area contributed by atoms with Crippen LogP contribution in [0.4, 0.5) is 0 Å². The van der Waals surface area contributed by atoms with Crippen LogP contribution < -0.4 is 0 Å². The second-order valence-corrected chi connectivity index (χ2v) is 8.71. The van der Waals surface area contributed by atoms with E-state index in [0.717, 1.165) is 29.7 Å². The first-order chi connectivity index (χ1) is 6.87. The molecule has 1 unspecified atom stereocenters. The molecule has 1 nitrogen and oxygen atoms in total. The van der Waals surface area contributed by atoms with Crippen LogP contribution in [-0.2, 0) is 4.74 Å². The van der Waals surface area contributed by atoms with Crippen LogP contribution in [0.5, 0.6) is 0 Å². The van der Waals surface area contributed by atoms with Gasteiger partial charge in [0, 0.05) is 21.4 Å². The third-order valence-electron chi connectivity index (χ3n) is 3.93. The molecule has 0 amide bonds. The molecule has 1 aliphatic heterocycles. The Morgan fingerprint density at radius 1 is 1.40 bits per heavy atom. The van der Waals surface area contributed by atoms with E-state index >= 15 is 0 Å². The molecule has 90 valence electrons. The maximum Gasteiger partial charge on any atom is 0.0535 e. The van der Waals surface area contributed by atoms with Gasteiger partial charge in [0.2, 0.25) is 0 Å². The van der Waals surface area contributed by atoms with Crippen LogP contribution in [0.2, 0.25) is 0 Å². The van der Waals surface area contributed by atoms with E-state index < -0.39 is 0 Å². The molecule has 15 heavy (non-hydrogen) atoms. The van der Waals surface area contributed by atoms with E-state index in [-0.39, 0.29) is 15.2 Å². The zero-order chi connectivity index (χ0) is 11.5. The Kier molecular flexibility index (Phi) is 5.09. The lowest BCUT2D eigenvalue weighted by Crippen LogP contribution is -2.50. The van der Waals surface area contributed by atoms with Gasteiger partial charge in [-0.25, -0.2) is 0 Å². The number of hydrogen-bond donors (Lipinski definition) is 2. The molecule has 0 saturated carbocycles. The van der Waals surface area contributed by atoms with E-state index in [1.807, 2.05) is 0 Å². The summed E-state index contributed by atoms with van der Waals surface area (Å²) in [5, 5.41) is 0.182. The van der Waals surface area contributed by atoms with E-state index in [1.54, 1.807) is 0 Å². The molecule has 1 rings (SSSR count). The van der Waals surface area contributed by atoms with Gasteiger partial charge in [-0.2, -0.15) is 25.3 Å². The van der Waals surface area contributed by atoms with Crippen LogP contribution in [-0.4, -0.2) is 26.7 Å². The molecule has 0 spiro atoms. The summed E-state index contributed by atoms with van der Waals surface area (Å²) in [5.41, 5.74) is 0.281. The second-order valence-electron chi connectivity index (χ2n) is 5.44. The van der Waals surface area contributed by atoms with E-state index in [0.29, 0.717) is 0 Å². The summed E-state index contributed by atoms with van der Waals surface area (Å²) in [6.07, 6.45) is 6.04. The van der Waals surface area contributed by atoms with Crippen molar-refractivity contribution < 1.29 is 4.74 Å². The summed E-state index contributed by atoms with van der Waals surface area (Å²) in [4.78, 5) is 0. The molecule has 0 aromatic carbocycles. The van der Waals surface area contributed by atoms with Crippen molar-refractivity contribution in [2.75, 3.05) is 6.61 Å². The minimum atomic E-state index is 0.182. The summed E-state index contributed by atoms with van der Waals surface area (Å²) in [7, 11) is 1.13. The zero-order valence-corrected chi connectivity index (χ0v) is 13.9. The van der Waals surface area contributed by atoms with Gasteiger partial charge in [-0.1, -0.05) is 13.8 Å². The molecule has 0 aromatic rings. The fraction of sp³-hybridized carbons (Fsp3) is 1.00. The average Bonchev–Trinajstić information content (AvgIpc) is 2.16. The van der Waals surface area contributed by atoms with Gasteiger partial charge in [0.15, 0.2) is 0 Å². The number of ether oxygens (including phenoxy) is 1. The van der Waals surface area contributed by atoms with Gasteiger partial charge in [-0.3, -0.25) is 0 Å². The highest BCUT2D eigenvalue weighted by Gasteiger charge is 2.42. The van der Waals surface area contributed by atoms with Crippen molar-refractivity contribution in [1.29, 1.82) is 0 Å². The maximum atomic E-state index is 6.07. The fourth-order valence-corrected chi connectivity index (χ4v) is 3.29. The Labute approximate surface area is 108 Å². The predicted molar refractivity (Wildman–Crippen MR) is 77.2 cm³/mol. The Morgan fingerprint density at radius 3 is 2.53 bits per heavy atom. The van der Waals surface area contributed by atoms with Crippen molar-refractivity contribution in [1.82, 2.24) is 0 Å². The Hall–Kier alpha value is 0.877. The van der Waals surface area contributed by atoms with Gasteiger partial charge in [0.25, 0.3) is 0 Å². The molecule has 4 heteroatoms. The molecule has 0 N–H and O–H groups in total. The lowest BCUT2D eigenvalue weighted by Gasteiger charge is -2.47. The topological polar surface area (TPSA) is 9.23 Å². The Morgan fingerprint density at radius 2 is 2.07 bits per heavy atom. The summed E-state index contributed by atoms with van der Waals surface area (Å²) in [6, 6.07) is 0. The van der Waals surface area contributed by atoms with Crippen molar-refractivity contribution in [3.8, 4) is 0 Å². The standard InChI is InChI=1S/C11H24OS2Si/c1-10(2,7-5-9(13)14)11(15)6-3-4-8-12-11/h9,13-14H,3-8H2,1-2,15H3. The van der Waals surface area contributed by atoms with Gasteiger partial charge in [-0.05, 0) is 37.5 Å². The van der Waals surface area contributed by atoms with Gasteiger partial charge in [0.05, 0.1) is 5.22 Å². The summed E-state index contributed by atoms with van der Waals surface area (Å²) in [6.45, 7) is 5.64. The highest BCUT2D eigenvalue weighted by Crippen LogP contribution is 2.42. The van der Waals surface area contributed by atoms with E-state index in [2.05, 4.69) is 39.1 Å². The quantitative estimate of drug-likeness (QED) is 0.450. The Balaban J connectivity index is 2.57. The minimum absolute atomic E-state index is 0.182. The van der Waals surface area contributed by atoms with Crippen molar-refractivity contribution in [2.45, 2.75) is 55.8 Å². The molecule has 1 atom stereocenters. The smallest absolute Gasteiger partial charge is 0.0535 e. The van der Waals surface area contributed by atoms with E-state index in [4.69, 9.17) is 4.74 Å². The van der Waals surface area contributed by atoms with Gasteiger partial charge in [0.1, 0.15) is 0 Å². The largest absolute Gasteiger partial charge is 0.379 e. The minimum Gasteiger partial charge on any atom is -0.379 e. The fourth-order valence-electron chi connectivity index (χ4n) is 2.22. The molecular formula is C11H24OS2Si. The number of hydrogen-bond acceptors (Lipinski definition) is 3. The lowest BCUT2D eigenvalue weighted by molar-refractivity contribution is -0.0926. The molecule has 0 radical (unpaired) electrons. The summed E-state index contributed by atoms with van der Waals surface area (Å²) in [5.74, 6) is 0. The SMILES string of the molecule is CC(C)(CCC(S)S)C1([SiH3])CCCCO1. The van der Waals surface area contributed by atoms with Crippen molar-refractivity contribution in [2.24, 2.45) is 5.41 Å². The van der Waals surface area contributed by atoms with Crippen LogP contribution in [0.3, 0.4) is 0 Å². The predicted octanol–water partition coefficient (Wildman–Crippen LogP) is 2.24. The van der Waals surface area contributed by atoms with E-state index in [9.17, 15) is 0 Å². The highest BCUT2D eigenvalue weighted by molar-refractivity contribution is 7.99. The van der Waals surface area contributed by atoms with E-state index in [1.165, 1.54) is 19.3 Å². The van der Waals surface area contributed by atoms with Crippen LogP contribution >= 0.6 is 25.3 Å². The van der Waals surface area contributed by atoms with Crippen LogP contribution in [0.25, 0.3) is 0 Å². The van der Waals surface area contributed by atoms with Crippen molar-refractivity contribution in [3.63, 3.8) is 0 Å². The molecular weight excluding hydrogens is 240 g/mol. The lowest BCUT2D eigenvalue weighted by atomic mass is 9.78. The molecule has 1 heterocycles. The van der Waals surface area contributed by atoms with Crippen molar-refractivity contribution >= 4 is 35.5 Å². The number of thiol groups is 2. The monoisotopic (exact) mass is 264 g/mol.